The fourth-order valence-corrected chi connectivity index (χ4v) is 3.25. The van der Waals surface area contributed by atoms with Crippen LogP contribution in [-0.2, 0) is 4.79 Å². The quantitative estimate of drug-likeness (QED) is 0.428. The molecule has 1 unspecified atom stereocenters. The highest BCUT2D eigenvalue weighted by molar-refractivity contribution is 7.21. The molecule has 1 atom stereocenters. The second kappa shape index (κ2) is 6.23. The van der Waals surface area contributed by atoms with Crippen LogP contribution in [0.3, 0.4) is 0 Å². The maximum absolute atomic E-state index is 12.3. The van der Waals surface area contributed by atoms with Crippen LogP contribution in [0.2, 0.25) is 0 Å². The average molecular weight is 323 g/mol. The van der Waals surface area contributed by atoms with E-state index in [2.05, 4.69) is 0 Å². The Morgan fingerprint density at radius 3 is 2.64 bits per heavy atom. The molecule has 22 heavy (non-hydrogen) atoms. The zero-order chi connectivity index (χ0) is 16.4. The van der Waals surface area contributed by atoms with Crippen molar-refractivity contribution in [1.82, 2.24) is 0 Å². The van der Waals surface area contributed by atoms with Crippen LogP contribution in [0, 0.1) is 5.92 Å². The van der Waals surface area contributed by atoms with E-state index in [1.54, 1.807) is 19.1 Å². The Kier molecular flexibility index (Phi) is 4.56. The van der Waals surface area contributed by atoms with E-state index in [1.807, 2.05) is 0 Å². The number of benzene rings is 1. The number of ketones is 1. The molecule has 1 aromatic heterocycles. The van der Waals surface area contributed by atoms with Gasteiger partial charge in [-0.2, -0.15) is 0 Å². The number of fused-ring (bicyclic) bond motifs is 1. The number of thiophene rings is 1. The Bertz CT molecular complexity index is 737. The van der Waals surface area contributed by atoms with Crippen molar-refractivity contribution in [3.05, 3.63) is 17.0 Å². The standard InChI is InChI=1S/C15H17NO5S/c1-3-7(15(19)20)4-9(17)12-5-8-11(22-12)6-10(21-2)14(18)13(8)16/h5-7,18H,3-4,16H2,1-2H3,(H,19,20). The summed E-state index contributed by atoms with van der Waals surface area (Å²) < 4.78 is 5.74. The van der Waals surface area contributed by atoms with Crippen LogP contribution in [0.1, 0.15) is 29.4 Å². The first-order valence-electron chi connectivity index (χ1n) is 6.74. The van der Waals surface area contributed by atoms with Gasteiger partial charge in [0, 0.05) is 22.6 Å². The average Bonchev–Trinajstić information content (AvgIpc) is 2.92. The van der Waals surface area contributed by atoms with Gasteiger partial charge in [-0.1, -0.05) is 6.92 Å². The van der Waals surface area contributed by atoms with Gasteiger partial charge >= 0.3 is 5.97 Å². The van der Waals surface area contributed by atoms with Gasteiger partial charge in [0.05, 0.1) is 23.6 Å². The Morgan fingerprint density at radius 2 is 2.09 bits per heavy atom. The number of Topliss-reactive ketones (excluding diaryl/α,β-unsaturated/α-hetero) is 1. The van der Waals surface area contributed by atoms with Gasteiger partial charge in [0.25, 0.3) is 0 Å². The normalized spacial score (nSPS) is 12.3. The van der Waals surface area contributed by atoms with Crippen molar-refractivity contribution in [2.45, 2.75) is 19.8 Å². The third kappa shape index (κ3) is 2.85. The maximum atomic E-state index is 12.3. The molecule has 0 spiro atoms. The molecular weight excluding hydrogens is 306 g/mol. The van der Waals surface area contributed by atoms with Gasteiger partial charge in [-0.05, 0) is 12.5 Å². The van der Waals surface area contributed by atoms with Crippen molar-refractivity contribution >= 4 is 38.9 Å². The largest absolute Gasteiger partial charge is 0.503 e. The van der Waals surface area contributed by atoms with Gasteiger partial charge in [-0.25, -0.2) is 0 Å². The summed E-state index contributed by atoms with van der Waals surface area (Å²) in [6, 6.07) is 3.20. The number of carboxylic acid groups (broad SMARTS) is 1. The predicted octanol–water partition coefficient (Wildman–Crippen LogP) is 2.88. The first-order chi connectivity index (χ1) is 10.4. The van der Waals surface area contributed by atoms with E-state index in [4.69, 9.17) is 15.6 Å². The molecule has 0 radical (unpaired) electrons. The third-order valence-electron chi connectivity index (χ3n) is 3.57. The number of carboxylic acids is 1. The summed E-state index contributed by atoms with van der Waals surface area (Å²) in [4.78, 5) is 23.7. The van der Waals surface area contributed by atoms with Gasteiger partial charge in [0.2, 0.25) is 0 Å². The van der Waals surface area contributed by atoms with E-state index in [0.29, 0.717) is 21.4 Å². The molecule has 0 aliphatic rings. The molecule has 0 amide bonds. The van der Waals surface area contributed by atoms with Crippen LogP contribution in [0.15, 0.2) is 12.1 Å². The Labute approximate surface area is 131 Å². The van der Waals surface area contributed by atoms with Crippen LogP contribution < -0.4 is 10.5 Å². The lowest BCUT2D eigenvalue weighted by Crippen LogP contribution is -2.16. The lowest BCUT2D eigenvalue weighted by molar-refractivity contribution is -0.141. The number of hydrogen-bond donors (Lipinski definition) is 3. The van der Waals surface area contributed by atoms with Crippen molar-refractivity contribution < 1.29 is 24.5 Å². The van der Waals surface area contributed by atoms with Crippen molar-refractivity contribution in [1.29, 1.82) is 0 Å². The highest BCUT2D eigenvalue weighted by Crippen LogP contribution is 2.42. The van der Waals surface area contributed by atoms with Gasteiger partial charge in [0.15, 0.2) is 17.3 Å². The fraction of sp³-hybridized carbons (Fsp3) is 0.333. The number of aromatic hydroxyl groups is 1. The molecule has 0 saturated carbocycles. The number of carbonyl (C=O) groups is 2. The van der Waals surface area contributed by atoms with E-state index in [0.717, 1.165) is 0 Å². The fourth-order valence-electron chi connectivity index (χ4n) is 2.19. The van der Waals surface area contributed by atoms with Crippen molar-refractivity contribution in [2.75, 3.05) is 12.8 Å². The lowest BCUT2D eigenvalue weighted by Gasteiger charge is -2.06. The molecule has 2 rings (SSSR count). The molecule has 0 bridgehead atoms. The van der Waals surface area contributed by atoms with Gasteiger partial charge in [-0.15, -0.1) is 11.3 Å². The van der Waals surface area contributed by atoms with Crippen LogP contribution >= 0.6 is 11.3 Å². The zero-order valence-electron chi connectivity index (χ0n) is 12.3. The summed E-state index contributed by atoms with van der Waals surface area (Å²) in [5.74, 6) is -1.84. The van der Waals surface area contributed by atoms with Crippen LogP contribution in [-0.4, -0.2) is 29.1 Å². The Balaban J connectivity index is 2.39. The molecule has 1 aromatic carbocycles. The second-order valence-electron chi connectivity index (χ2n) is 4.93. The molecule has 7 heteroatoms. The topological polar surface area (TPSA) is 110 Å². The number of phenols is 1. The van der Waals surface area contributed by atoms with E-state index in [9.17, 15) is 14.7 Å². The number of rotatable bonds is 6. The van der Waals surface area contributed by atoms with E-state index in [-0.39, 0.29) is 29.4 Å². The summed E-state index contributed by atoms with van der Waals surface area (Å²) in [6.45, 7) is 1.73. The summed E-state index contributed by atoms with van der Waals surface area (Å²) >= 11 is 1.21. The van der Waals surface area contributed by atoms with Gasteiger partial charge in [0.1, 0.15) is 0 Å². The number of carbonyl (C=O) groups excluding carboxylic acids is 1. The van der Waals surface area contributed by atoms with Crippen LogP contribution in [0.4, 0.5) is 5.69 Å². The zero-order valence-corrected chi connectivity index (χ0v) is 13.1. The molecule has 1 heterocycles. The van der Waals surface area contributed by atoms with Crippen molar-refractivity contribution in [3.8, 4) is 11.5 Å². The van der Waals surface area contributed by atoms with Crippen molar-refractivity contribution in [2.24, 2.45) is 5.92 Å². The monoisotopic (exact) mass is 323 g/mol. The first kappa shape index (κ1) is 16.1. The first-order valence-corrected chi connectivity index (χ1v) is 7.55. The number of ether oxygens (including phenoxy) is 1. The van der Waals surface area contributed by atoms with Gasteiger partial charge in [-0.3, -0.25) is 9.59 Å². The van der Waals surface area contributed by atoms with Crippen LogP contribution in [0.5, 0.6) is 11.5 Å². The lowest BCUT2D eigenvalue weighted by atomic mass is 9.99. The number of phenolic OH excluding ortho intramolecular Hbond substituents is 1. The molecule has 6 nitrogen and oxygen atoms in total. The maximum Gasteiger partial charge on any atom is 0.306 e. The number of aliphatic carboxylic acids is 1. The molecule has 0 aliphatic carbocycles. The summed E-state index contributed by atoms with van der Waals surface area (Å²) in [5, 5.41) is 19.5. The van der Waals surface area contributed by atoms with E-state index >= 15 is 0 Å². The molecule has 4 N–H and O–H groups in total. The van der Waals surface area contributed by atoms with Crippen molar-refractivity contribution in [3.63, 3.8) is 0 Å². The Hall–Kier alpha value is -2.28. The summed E-state index contributed by atoms with van der Waals surface area (Å²) in [6.07, 6.45) is 0.338. The minimum absolute atomic E-state index is 0.0539. The highest BCUT2D eigenvalue weighted by atomic mass is 32.1. The highest BCUT2D eigenvalue weighted by Gasteiger charge is 2.22. The van der Waals surface area contributed by atoms with Crippen LogP contribution in [0.25, 0.3) is 10.1 Å². The van der Waals surface area contributed by atoms with E-state index in [1.165, 1.54) is 18.4 Å². The molecule has 118 valence electrons. The minimum Gasteiger partial charge on any atom is -0.503 e. The molecule has 2 aromatic rings. The van der Waals surface area contributed by atoms with E-state index < -0.39 is 11.9 Å². The minimum atomic E-state index is -0.976. The number of nitrogens with two attached hydrogens (primary N) is 1. The predicted molar refractivity (Wildman–Crippen MR) is 84.8 cm³/mol. The molecule has 0 saturated heterocycles. The Morgan fingerprint density at radius 1 is 1.41 bits per heavy atom. The number of methoxy groups -OCH3 is 1. The second-order valence-corrected chi connectivity index (χ2v) is 6.02. The SMILES string of the molecule is CCC(CC(=O)c1cc2c(N)c(O)c(OC)cc2s1)C(=O)O. The number of anilines is 1. The van der Waals surface area contributed by atoms with Gasteiger partial charge < -0.3 is 20.7 Å². The molecule has 0 aliphatic heterocycles. The summed E-state index contributed by atoms with van der Waals surface area (Å²) in [5.41, 5.74) is 6.00. The number of nitrogen functional groups attached to an aromatic ring is 1. The third-order valence-corrected chi connectivity index (χ3v) is 4.69. The molecule has 0 fully saturated rings. The smallest absolute Gasteiger partial charge is 0.306 e. The number of hydrogen-bond acceptors (Lipinski definition) is 6. The molecular formula is C15H17NO5S. The summed E-state index contributed by atoms with van der Waals surface area (Å²) in [7, 11) is 1.42.